The molecule has 5 rings (SSSR count). The maximum absolute atomic E-state index is 14.2. The monoisotopic (exact) mass is 708 g/mol. The van der Waals surface area contributed by atoms with Gasteiger partial charge in [0.1, 0.15) is 24.2 Å². The molecule has 46 heavy (non-hydrogen) atoms. The Morgan fingerprint density at radius 2 is 1.80 bits per heavy atom. The zero-order valence-corrected chi connectivity index (χ0v) is 28.5. The number of halogens is 2. The van der Waals surface area contributed by atoms with Gasteiger partial charge in [-0.15, -0.1) is 0 Å². The summed E-state index contributed by atoms with van der Waals surface area (Å²) in [5.41, 5.74) is 2.59. The number of para-hydroxylation sites is 1. The molecule has 1 aromatic heterocycles. The van der Waals surface area contributed by atoms with Crippen molar-refractivity contribution < 1.29 is 28.1 Å². The third-order valence-corrected chi connectivity index (χ3v) is 8.59. The van der Waals surface area contributed by atoms with Crippen molar-refractivity contribution in [2.24, 2.45) is 4.99 Å². The Kier molecular flexibility index (Phi) is 10.4. The van der Waals surface area contributed by atoms with Crippen LogP contribution in [0.2, 0.25) is 0 Å². The molecule has 1 aliphatic heterocycles. The van der Waals surface area contributed by atoms with E-state index in [1.807, 2.05) is 51.1 Å². The van der Waals surface area contributed by atoms with Crippen molar-refractivity contribution in [1.82, 2.24) is 4.57 Å². The number of esters is 1. The van der Waals surface area contributed by atoms with Crippen molar-refractivity contribution in [3.63, 3.8) is 0 Å². The van der Waals surface area contributed by atoms with E-state index in [9.17, 15) is 14.0 Å². The highest BCUT2D eigenvalue weighted by atomic mass is 79.9. The van der Waals surface area contributed by atoms with Gasteiger partial charge in [0.25, 0.3) is 5.56 Å². The Morgan fingerprint density at radius 1 is 1.07 bits per heavy atom. The zero-order chi connectivity index (χ0) is 33.0. The number of hydrogen-bond donors (Lipinski definition) is 0. The Labute approximate surface area is 278 Å². The van der Waals surface area contributed by atoms with E-state index in [-0.39, 0.29) is 36.3 Å². The number of hydrogen-bond acceptors (Lipinski definition) is 8. The summed E-state index contributed by atoms with van der Waals surface area (Å²) in [5.74, 6) is 0.678. The van der Waals surface area contributed by atoms with Crippen LogP contribution in [0.15, 0.2) is 86.2 Å². The first-order chi connectivity index (χ1) is 22.1. The van der Waals surface area contributed by atoms with Gasteiger partial charge in [0, 0.05) is 5.56 Å². The van der Waals surface area contributed by atoms with Gasteiger partial charge in [0.05, 0.1) is 39.6 Å². The highest BCUT2D eigenvalue weighted by Gasteiger charge is 2.35. The van der Waals surface area contributed by atoms with Crippen molar-refractivity contribution >= 4 is 39.3 Å². The number of benzene rings is 3. The van der Waals surface area contributed by atoms with Crippen LogP contribution in [0.25, 0.3) is 6.08 Å². The molecule has 0 fully saturated rings. The fourth-order valence-corrected chi connectivity index (χ4v) is 6.74. The van der Waals surface area contributed by atoms with Gasteiger partial charge in [-0.2, -0.15) is 0 Å². The SMILES string of the molecule is CCOC(=O)C1=C(C)N=c2s/c(=C/c3cc(Br)c(OCc4ccc(F)cc4)c(OCC)c3)c(=O)n2[C@H]1c1ccccc1OC(C)C. The number of fused-ring (bicyclic) bond motifs is 1. The predicted molar refractivity (Wildman–Crippen MR) is 179 cm³/mol. The van der Waals surface area contributed by atoms with Gasteiger partial charge >= 0.3 is 5.97 Å². The molecule has 0 unspecified atom stereocenters. The summed E-state index contributed by atoms with van der Waals surface area (Å²) in [4.78, 5) is 32.6. The van der Waals surface area contributed by atoms with Crippen molar-refractivity contribution in [2.75, 3.05) is 13.2 Å². The van der Waals surface area contributed by atoms with Crippen LogP contribution in [0.1, 0.15) is 57.4 Å². The molecule has 11 heteroatoms. The molecule has 0 saturated heterocycles. The standard InChI is InChI=1S/C35H34BrFN2O6S/c1-6-42-28-17-23(16-26(36)32(28)44-19-22-12-14-24(37)15-13-22)18-29-33(40)39-31(25-10-8-9-11-27(25)45-20(3)4)30(34(41)43-7-2)21(5)38-35(39)46-29/h8-18,20,31H,6-7,19H2,1-5H3/b29-18+/t31-/m0/s1. The molecule has 8 nitrogen and oxygen atoms in total. The average molecular weight is 710 g/mol. The van der Waals surface area contributed by atoms with Crippen LogP contribution < -0.4 is 29.1 Å². The Hall–Kier alpha value is -4.22. The number of rotatable bonds is 11. The van der Waals surface area contributed by atoms with Crippen molar-refractivity contribution in [2.45, 2.75) is 53.4 Å². The molecule has 0 spiro atoms. The summed E-state index contributed by atoms with van der Waals surface area (Å²) >= 11 is 4.83. The molecule has 0 aliphatic carbocycles. The molecular formula is C35H34BrFN2O6S. The first-order valence-electron chi connectivity index (χ1n) is 14.9. The first-order valence-corrected chi connectivity index (χ1v) is 16.5. The van der Waals surface area contributed by atoms with Gasteiger partial charge < -0.3 is 18.9 Å². The second-order valence-electron chi connectivity index (χ2n) is 10.7. The molecule has 1 atom stereocenters. The number of thiazole rings is 1. The molecule has 0 bridgehead atoms. The van der Waals surface area contributed by atoms with Crippen molar-refractivity contribution in [3.8, 4) is 17.2 Å². The van der Waals surface area contributed by atoms with Crippen molar-refractivity contribution in [1.29, 1.82) is 0 Å². The summed E-state index contributed by atoms with van der Waals surface area (Å²) < 4.78 is 39.4. The molecule has 0 amide bonds. The van der Waals surface area contributed by atoms with Gasteiger partial charge in [-0.3, -0.25) is 9.36 Å². The molecule has 0 N–H and O–H groups in total. The Balaban J connectivity index is 1.61. The number of aromatic nitrogens is 1. The Bertz CT molecular complexity index is 1970. The minimum absolute atomic E-state index is 0.131. The lowest BCUT2D eigenvalue weighted by Crippen LogP contribution is -2.40. The van der Waals surface area contributed by atoms with Crippen LogP contribution in [0.4, 0.5) is 4.39 Å². The van der Waals surface area contributed by atoms with E-state index >= 15 is 0 Å². The zero-order valence-electron chi connectivity index (χ0n) is 26.1. The lowest BCUT2D eigenvalue weighted by molar-refractivity contribution is -0.139. The topological polar surface area (TPSA) is 88.4 Å². The van der Waals surface area contributed by atoms with E-state index in [1.54, 1.807) is 38.1 Å². The van der Waals surface area contributed by atoms with Gasteiger partial charge in [-0.1, -0.05) is 41.7 Å². The maximum Gasteiger partial charge on any atom is 0.338 e. The maximum atomic E-state index is 14.2. The number of ether oxygens (including phenoxy) is 4. The number of allylic oxidation sites excluding steroid dienone is 1. The van der Waals surface area contributed by atoms with E-state index in [4.69, 9.17) is 18.9 Å². The number of carbonyl (C=O) groups excluding carboxylic acids is 1. The highest BCUT2D eigenvalue weighted by molar-refractivity contribution is 9.10. The Morgan fingerprint density at radius 3 is 2.50 bits per heavy atom. The molecule has 0 radical (unpaired) electrons. The minimum atomic E-state index is -0.805. The average Bonchev–Trinajstić information content (AvgIpc) is 3.31. The van der Waals surface area contributed by atoms with Gasteiger partial charge in [-0.25, -0.2) is 14.2 Å². The molecule has 3 aromatic carbocycles. The summed E-state index contributed by atoms with van der Waals surface area (Å²) in [6.07, 6.45) is 1.63. The second-order valence-corrected chi connectivity index (χ2v) is 12.5. The fourth-order valence-electron chi connectivity index (χ4n) is 5.12. The molecule has 0 saturated carbocycles. The second kappa shape index (κ2) is 14.5. The summed E-state index contributed by atoms with van der Waals surface area (Å²) in [5, 5.41) is 0. The molecular weight excluding hydrogens is 675 g/mol. The van der Waals surface area contributed by atoms with Gasteiger partial charge in [0.15, 0.2) is 16.3 Å². The highest BCUT2D eigenvalue weighted by Crippen LogP contribution is 2.38. The minimum Gasteiger partial charge on any atom is -0.491 e. The van der Waals surface area contributed by atoms with Crippen LogP contribution in [0.5, 0.6) is 17.2 Å². The summed E-state index contributed by atoms with van der Waals surface area (Å²) in [7, 11) is 0. The van der Waals surface area contributed by atoms with Crippen molar-refractivity contribution in [3.05, 3.63) is 119 Å². The predicted octanol–water partition coefficient (Wildman–Crippen LogP) is 6.46. The van der Waals surface area contributed by atoms with E-state index in [2.05, 4.69) is 20.9 Å². The van der Waals surface area contributed by atoms with Crippen LogP contribution in [0.3, 0.4) is 0 Å². The molecule has 1 aliphatic rings. The van der Waals surface area contributed by atoms with Gasteiger partial charge in [0.2, 0.25) is 0 Å². The van der Waals surface area contributed by atoms with Crippen LogP contribution >= 0.6 is 27.3 Å². The van der Waals surface area contributed by atoms with E-state index in [1.165, 1.54) is 28.0 Å². The van der Waals surface area contributed by atoms with E-state index in [0.29, 0.717) is 54.5 Å². The first kappa shape index (κ1) is 33.2. The fraction of sp³-hybridized carbons (Fsp3) is 0.286. The quantitative estimate of drug-likeness (QED) is 0.166. The third kappa shape index (κ3) is 7.10. The molecule has 240 valence electrons. The summed E-state index contributed by atoms with van der Waals surface area (Å²) in [6.45, 7) is 9.97. The molecule has 2 heterocycles. The number of nitrogens with zero attached hydrogens (tertiary/aromatic N) is 2. The van der Waals surface area contributed by atoms with Gasteiger partial charge in [-0.05, 0) is 98.1 Å². The van der Waals surface area contributed by atoms with Crippen LogP contribution in [-0.2, 0) is 16.1 Å². The molecule has 4 aromatic rings. The third-order valence-electron chi connectivity index (χ3n) is 7.02. The number of carbonyl (C=O) groups is 1. The smallest absolute Gasteiger partial charge is 0.338 e. The van der Waals surface area contributed by atoms with Crippen LogP contribution in [-0.4, -0.2) is 29.9 Å². The van der Waals surface area contributed by atoms with E-state index < -0.39 is 12.0 Å². The lowest BCUT2D eigenvalue weighted by Gasteiger charge is -2.26. The van der Waals surface area contributed by atoms with E-state index in [0.717, 1.165) is 5.56 Å². The van der Waals surface area contributed by atoms with Crippen LogP contribution in [0, 0.1) is 5.82 Å². The summed E-state index contributed by atoms with van der Waals surface area (Å²) in [6, 6.07) is 16.3. The normalized spacial score (nSPS) is 14.6. The lowest BCUT2D eigenvalue weighted by atomic mass is 9.95. The largest absolute Gasteiger partial charge is 0.491 e.